The van der Waals surface area contributed by atoms with Gasteiger partial charge in [0.15, 0.2) is 17.2 Å². The van der Waals surface area contributed by atoms with Crippen molar-refractivity contribution in [3.8, 4) is 0 Å². The zero-order valence-electron chi connectivity index (χ0n) is 34.5. The first kappa shape index (κ1) is 44.1. The van der Waals surface area contributed by atoms with Crippen LogP contribution < -0.4 is 5.73 Å². The van der Waals surface area contributed by atoms with Gasteiger partial charge in [0.05, 0.1) is 40.3 Å². The second-order valence-corrected chi connectivity index (χ2v) is 18.0. The van der Waals surface area contributed by atoms with E-state index in [1.165, 1.54) is 18.3 Å². The molecule has 5 rings (SSSR count). The Morgan fingerprint density at radius 2 is 1.80 bits per heavy atom. The van der Waals surface area contributed by atoms with E-state index in [4.69, 9.17) is 29.5 Å². The summed E-state index contributed by atoms with van der Waals surface area (Å²) in [5.41, 5.74) is 5.07. The van der Waals surface area contributed by atoms with Crippen LogP contribution in [-0.4, -0.2) is 112 Å². The molecule has 3 saturated heterocycles. The number of aliphatic hydroxyl groups excluding tert-OH is 1. The maximum Gasteiger partial charge on any atom is 0.316 e. The van der Waals surface area contributed by atoms with E-state index in [0.717, 1.165) is 15.8 Å². The number of hydrogen-bond acceptors (Lipinski definition) is 15. The number of Topliss-reactive ketones (excluding diaryl/α,β-unsaturated/α-hetero) is 2. The minimum Gasteiger partial charge on any atom is -0.459 e. The number of nitrogen functional groups attached to an aromatic ring is 1. The van der Waals surface area contributed by atoms with Crippen molar-refractivity contribution in [1.82, 2.24) is 9.88 Å². The number of oxime groups is 1. The maximum absolute atomic E-state index is 14.5. The molecule has 13 atom stereocenters. The van der Waals surface area contributed by atoms with Crippen molar-refractivity contribution in [1.29, 1.82) is 0 Å². The highest BCUT2D eigenvalue weighted by Gasteiger charge is 2.52. The minimum absolute atomic E-state index is 0.0567. The average Bonchev–Trinajstić information content (AvgIpc) is 3.52. The standard InChI is InChI=1S/C41H62N4O10S/c1-11-32-41(8,50)28-14-13-27(44-52-19-26-12-15-29-31(17-26)56-39(42)43-29)20-51-40(7,18-21(2)33(46)23(28)4)36(24(5)34(47)25(6)37(49)54-32)55-38-35(48)30(45(9)10)16-22(3)53-38/h12,15,17,21-25,28,30,32,35-36,38,48,50H,11,13-14,16,18-20H2,1-10H3,(H2,42,43)/b44-27+/t21-,22-,23-,24+,25-,28-,30+,32-,35-,36-,38+,40-,41+/m1/s1. The highest BCUT2D eigenvalue weighted by Crippen LogP contribution is 2.42. The molecule has 3 aliphatic heterocycles. The number of fused-ring (bicyclic) bond motifs is 6. The molecule has 0 saturated carbocycles. The molecule has 3 fully saturated rings. The van der Waals surface area contributed by atoms with Gasteiger partial charge in [-0.3, -0.25) is 14.4 Å². The highest BCUT2D eigenvalue weighted by atomic mass is 32.1. The first-order chi connectivity index (χ1) is 26.3. The molecule has 56 heavy (non-hydrogen) atoms. The zero-order valence-corrected chi connectivity index (χ0v) is 35.3. The van der Waals surface area contributed by atoms with Crippen LogP contribution in [0.5, 0.6) is 0 Å². The molecule has 0 unspecified atom stereocenters. The lowest BCUT2D eigenvalue weighted by Gasteiger charge is -2.47. The molecule has 0 spiro atoms. The third kappa shape index (κ3) is 9.46. The molecule has 0 aliphatic carbocycles. The van der Waals surface area contributed by atoms with Crippen molar-refractivity contribution in [2.24, 2.45) is 34.7 Å². The number of hydrogen-bond donors (Lipinski definition) is 3. The molecular formula is C41H62N4O10S. The Morgan fingerprint density at radius 1 is 1.09 bits per heavy atom. The summed E-state index contributed by atoms with van der Waals surface area (Å²) in [6, 6.07) is 5.43. The van der Waals surface area contributed by atoms with E-state index in [9.17, 15) is 24.6 Å². The predicted octanol–water partition coefficient (Wildman–Crippen LogP) is 4.91. The monoisotopic (exact) mass is 802 g/mol. The highest BCUT2D eigenvalue weighted by molar-refractivity contribution is 7.22. The minimum atomic E-state index is -1.65. The number of esters is 1. The first-order valence-electron chi connectivity index (χ1n) is 19.9. The third-order valence-corrected chi connectivity index (χ3v) is 13.2. The number of aliphatic hydroxyl groups is 2. The van der Waals surface area contributed by atoms with Crippen molar-refractivity contribution >= 4 is 49.9 Å². The molecule has 0 radical (unpaired) electrons. The number of nitrogens with zero attached hydrogens (tertiary/aromatic N) is 3. The predicted molar refractivity (Wildman–Crippen MR) is 213 cm³/mol. The van der Waals surface area contributed by atoms with Crippen molar-refractivity contribution in [3.05, 3.63) is 23.8 Å². The van der Waals surface area contributed by atoms with Gasteiger partial charge in [0.2, 0.25) is 0 Å². The van der Waals surface area contributed by atoms with Crippen molar-refractivity contribution in [2.75, 3.05) is 26.4 Å². The lowest BCUT2D eigenvalue weighted by atomic mass is 9.69. The van der Waals surface area contributed by atoms with Gasteiger partial charge in [0.1, 0.15) is 36.1 Å². The number of nitrogens with two attached hydrogens (primary N) is 1. The van der Waals surface area contributed by atoms with Crippen LogP contribution in [0.1, 0.15) is 93.1 Å². The van der Waals surface area contributed by atoms with E-state index in [1.54, 1.807) is 27.7 Å². The molecular weight excluding hydrogens is 741 g/mol. The Bertz CT molecular complexity index is 1750. The second kappa shape index (κ2) is 17.8. The third-order valence-electron chi connectivity index (χ3n) is 12.3. The summed E-state index contributed by atoms with van der Waals surface area (Å²) in [6.07, 6.45) is -3.13. The fraction of sp³-hybridized carbons (Fsp3) is 0.732. The number of rotatable bonds is 7. The van der Waals surface area contributed by atoms with Crippen LogP contribution in [0.2, 0.25) is 0 Å². The number of aromatic nitrogens is 1. The molecule has 15 heteroatoms. The van der Waals surface area contributed by atoms with Gasteiger partial charge in [-0.05, 0) is 91.6 Å². The summed E-state index contributed by atoms with van der Waals surface area (Å²) in [6.45, 7) is 14.0. The number of carbonyl (C=O) groups excluding carboxylic acids is 3. The SMILES string of the molecule is CC[C@H]1OC(=O)[C@H](C)C(=O)[C@H](C)[C@@H](O[C@@H]2O[C@H](C)C[C@H](N(C)C)[C@H]2O)[C@@]2(C)C[C@@H](C)C(=O)[C@H](C)[C@@H](CC/C(=N\OCc3ccc4nc(N)sc4c3)CO2)[C@]1(C)O. The number of ether oxygens (including phenoxy) is 4. The van der Waals surface area contributed by atoms with Crippen LogP contribution in [0.15, 0.2) is 23.4 Å². The number of likely N-dealkylation sites (N-methyl/N-ethyl adjacent to an activating group) is 1. The van der Waals surface area contributed by atoms with Gasteiger partial charge in [-0.15, -0.1) is 0 Å². The molecule has 2 aromatic rings. The zero-order chi connectivity index (χ0) is 41.3. The van der Waals surface area contributed by atoms with E-state index in [-0.39, 0.29) is 50.4 Å². The van der Waals surface area contributed by atoms with E-state index < -0.39 is 77.1 Å². The van der Waals surface area contributed by atoms with Gasteiger partial charge in [-0.25, -0.2) is 4.98 Å². The van der Waals surface area contributed by atoms with Crippen LogP contribution in [0.25, 0.3) is 10.2 Å². The summed E-state index contributed by atoms with van der Waals surface area (Å²) in [4.78, 5) is 54.8. The normalized spacial score (nSPS) is 38.9. The van der Waals surface area contributed by atoms with Crippen molar-refractivity contribution in [2.45, 2.75) is 142 Å². The topological polar surface area (TPSA) is 192 Å². The number of carbonyl (C=O) groups is 3. The van der Waals surface area contributed by atoms with Gasteiger partial charge in [-0.1, -0.05) is 50.3 Å². The van der Waals surface area contributed by atoms with Gasteiger partial charge >= 0.3 is 5.97 Å². The lowest BCUT2D eigenvalue weighted by Crippen LogP contribution is -2.59. The summed E-state index contributed by atoms with van der Waals surface area (Å²) in [5, 5.41) is 28.9. The molecule has 1 aromatic carbocycles. The molecule has 2 bridgehead atoms. The smallest absolute Gasteiger partial charge is 0.316 e. The number of benzene rings is 1. The molecule has 1 aromatic heterocycles. The van der Waals surface area contributed by atoms with Crippen molar-refractivity contribution < 1.29 is 48.4 Å². The fourth-order valence-electron chi connectivity index (χ4n) is 9.00. The van der Waals surface area contributed by atoms with E-state index in [2.05, 4.69) is 10.1 Å². The van der Waals surface area contributed by atoms with E-state index in [0.29, 0.717) is 23.7 Å². The molecule has 14 nitrogen and oxygen atoms in total. The quantitative estimate of drug-likeness (QED) is 0.195. The van der Waals surface area contributed by atoms with Gasteiger partial charge in [0, 0.05) is 29.7 Å². The van der Waals surface area contributed by atoms with Crippen LogP contribution in [0, 0.1) is 29.6 Å². The van der Waals surface area contributed by atoms with Crippen LogP contribution in [-0.2, 0) is 44.8 Å². The van der Waals surface area contributed by atoms with Gasteiger partial charge < -0.3 is 44.6 Å². The second-order valence-electron chi connectivity index (χ2n) is 16.9. The first-order valence-corrected chi connectivity index (χ1v) is 20.7. The Balaban J connectivity index is 1.60. The van der Waals surface area contributed by atoms with Crippen LogP contribution in [0.3, 0.4) is 0 Å². The molecule has 312 valence electrons. The number of anilines is 1. The van der Waals surface area contributed by atoms with Crippen LogP contribution >= 0.6 is 11.3 Å². The summed E-state index contributed by atoms with van der Waals surface area (Å²) in [5.74, 6) is -5.52. The average molecular weight is 803 g/mol. The molecule has 4 N–H and O–H groups in total. The maximum atomic E-state index is 14.5. The number of ketones is 2. The Hall–Kier alpha value is -3.05. The van der Waals surface area contributed by atoms with Gasteiger partial charge in [0.25, 0.3) is 0 Å². The van der Waals surface area contributed by atoms with Crippen LogP contribution in [0.4, 0.5) is 5.13 Å². The lowest BCUT2D eigenvalue weighted by molar-refractivity contribution is -0.296. The molecule has 3 aliphatic rings. The van der Waals surface area contributed by atoms with Gasteiger partial charge in [-0.2, -0.15) is 0 Å². The largest absolute Gasteiger partial charge is 0.459 e. The van der Waals surface area contributed by atoms with Crippen molar-refractivity contribution in [3.63, 3.8) is 0 Å². The fourth-order valence-corrected chi connectivity index (χ4v) is 9.79. The summed E-state index contributed by atoms with van der Waals surface area (Å²) >= 11 is 1.38. The Morgan fingerprint density at radius 3 is 2.48 bits per heavy atom. The van der Waals surface area contributed by atoms with E-state index >= 15 is 0 Å². The van der Waals surface area contributed by atoms with E-state index in [1.807, 2.05) is 58.0 Å². The summed E-state index contributed by atoms with van der Waals surface area (Å²) in [7, 11) is 3.75. The number of cyclic esters (lactones) is 1. The molecule has 4 heterocycles. The molecule has 0 amide bonds. The Labute approximate surface area is 334 Å². The number of thiazole rings is 1. The summed E-state index contributed by atoms with van der Waals surface area (Å²) < 4.78 is 26.7. The Kier molecular flexibility index (Phi) is 14.0.